The number of ether oxygens (including phenoxy) is 1. The predicted molar refractivity (Wildman–Crippen MR) is 57.1 cm³/mol. The van der Waals surface area contributed by atoms with Gasteiger partial charge in [-0.2, -0.15) is 0 Å². The molecule has 0 fully saturated rings. The summed E-state index contributed by atoms with van der Waals surface area (Å²) in [6, 6.07) is 4.96. The number of nitro benzene ring substituents is 1. The maximum absolute atomic E-state index is 11.4. The summed E-state index contributed by atoms with van der Waals surface area (Å²) in [4.78, 5) is 25.8. The number of nitrogens with zero attached hydrogens (tertiary/aromatic N) is 2. The third kappa shape index (κ3) is 3.16. The summed E-state index contributed by atoms with van der Waals surface area (Å²) in [6.45, 7) is 0. The molecule has 0 saturated carbocycles. The van der Waals surface area contributed by atoms with Gasteiger partial charge in [-0.3, -0.25) is 10.1 Å². The zero-order valence-corrected chi connectivity index (χ0v) is 8.82. The monoisotopic (exact) mass is 239 g/mol. The number of nitrogens with two attached hydrogens (primary N) is 1. The van der Waals surface area contributed by atoms with Gasteiger partial charge in [-0.25, -0.2) is 4.79 Å². The van der Waals surface area contributed by atoms with Gasteiger partial charge < -0.3 is 15.3 Å². The molecule has 2 N–H and O–H groups in total. The number of benzene rings is 1. The molecule has 1 aromatic rings. The topological polar surface area (TPSA) is 117 Å². The number of hydrogen-bond donors (Lipinski definition) is 1. The average molecular weight is 239 g/mol. The third-order valence-corrected chi connectivity index (χ3v) is 1.75. The second-order valence-electron chi connectivity index (χ2n) is 2.79. The van der Waals surface area contributed by atoms with E-state index in [0.717, 1.165) is 0 Å². The second-order valence-corrected chi connectivity index (χ2v) is 2.79. The number of amidine groups is 1. The first-order valence-electron chi connectivity index (χ1n) is 4.38. The van der Waals surface area contributed by atoms with Crippen LogP contribution in [0.1, 0.15) is 10.4 Å². The maximum atomic E-state index is 11.4. The van der Waals surface area contributed by atoms with E-state index >= 15 is 0 Å². The summed E-state index contributed by atoms with van der Waals surface area (Å²) in [5.41, 5.74) is 4.52. The van der Waals surface area contributed by atoms with Crippen molar-refractivity contribution in [3.05, 3.63) is 39.9 Å². The van der Waals surface area contributed by atoms with Crippen molar-refractivity contribution in [3.63, 3.8) is 0 Å². The van der Waals surface area contributed by atoms with Crippen molar-refractivity contribution in [2.24, 2.45) is 10.9 Å². The molecular formula is C9H9N3O5. The van der Waals surface area contributed by atoms with Gasteiger partial charge in [0, 0.05) is 6.07 Å². The van der Waals surface area contributed by atoms with Crippen molar-refractivity contribution in [3.8, 4) is 0 Å². The molecule has 0 atom stereocenters. The van der Waals surface area contributed by atoms with E-state index in [1.807, 2.05) is 0 Å². The highest BCUT2D eigenvalue weighted by Crippen LogP contribution is 2.18. The number of carbonyl (C=O) groups is 1. The fraction of sp³-hybridized carbons (Fsp3) is 0.111. The Labute approximate surface area is 95.8 Å². The SMILES string of the molecule is CO/C(N)=N/OC(=O)c1ccccc1[N+](=O)[O-]. The molecular weight excluding hydrogens is 230 g/mol. The lowest BCUT2D eigenvalue weighted by atomic mass is 10.2. The molecule has 8 heteroatoms. The molecule has 0 radical (unpaired) electrons. The zero-order chi connectivity index (χ0) is 12.8. The van der Waals surface area contributed by atoms with Gasteiger partial charge in [0.25, 0.3) is 5.69 Å². The number of methoxy groups -OCH3 is 1. The molecule has 0 aliphatic heterocycles. The van der Waals surface area contributed by atoms with E-state index in [1.54, 1.807) is 0 Å². The van der Waals surface area contributed by atoms with Gasteiger partial charge in [-0.1, -0.05) is 12.1 Å². The molecule has 1 rings (SSSR count). The molecule has 17 heavy (non-hydrogen) atoms. The lowest BCUT2D eigenvalue weighted by molar-refractivity contribution is -0.385. The van der Waals surface area contributed by atoms with Crippen molar-refractivity contribution in [1.29, 1.82) is 0 Å². The van der Waals surface area contributed by atoms with Crippen molar-refractivity contribution >= 4 is 17.7 Å². The van der Waals surface area contributed by atoms with Gasteiger partial charge in [-0.15, -0.1) is 0 Å². The highest BCUT2D eigenvalue weighted by molar-refractivity contribution is 5.94. The Hall–Kier alpha value is -2.64. The van der Waals surface area contributed by atoms with Crippen LogP contribution < -0.4 is 5.73 Å². The summed E-state index contributed by atoms with van der Waals surface area (Å²) < 4.78 is 4.43. The lowest BCUT2D eigenvalue weighted by Crippen LogP contribution is -2.15. The van der Waals surface area contributed by atoms with Crippen molar-refractivity contribution in [1.82, 2.24) is 0 Å². The predicted octanol–water partition coefficient (Wildman–Crippen LogP) is 0.628. The third-order valence-electron chi connectivity index (χ3n) is 1.75. The van der Waals surface area contributed by atoms with Gasteiger partial charge in [0.15, 0.2) is 0 Å². The molecule has 0 aromatic heterocycles. The summed E-state index contributed by atoms with van der Waals surface area (Å²) in [5, 5.41) is 13.8. The number of hydrogen-bond acceptors (Lipinski definition) is 6. The highest BCUT2D eigenvalue weighted by Gasteiger charge is 2.20. The zero-order valence-electron chi connectivity index (χ0n) is 8.82. The van der Waals surface area contributed by atoms with Gasteiger partial charge in [0.05, 0.1) is 12.0 Å². The lowest BCUT2D eigenvalue weighted by Gasteiger charge is -2.00. The van der Waals surface area contributed by atoms with Gasteiger partial charge in [-0.05, 0) is 11.2 Å². The van der Waals surface area contributed by atoms with E-state index in [1.165, 1.54) is 31.4 Å². The first-order chi connectivity index (χ1) is 8.06. The van der Waals surface area contributed by atoms with Gasteiger partial charge >= 0.3 is 12.0 Å². The largest absolute Gasteiger partial charge is 0.467 e. The van der Waals surface area contributed by atoms with Crippen LogP contribution in [0.25, 0.3) is 0 Å². The first kappa shape index (κ1) is 12.4. The van der Waals surface area contributed by atoms with Gasteiger partial charge in [0.1, 0.15) is 5.56 Å². The van der Waals surface area contributed by atoms with Crippen LogP contribution in [0.15, 0.2) is 29.4 Å². The average Bonchev–Trinajstić information content (AvgIpc) is 2.35. The maximum Gasteiger partial charge on any atom is 0.372 e. The van der Waals surface area contributed by atoms with E-state index in [9.17, 15) is 14.9 Å². The van der Waals surface area contributed by atoms with Gasteiger partial charge in [0.2, 0.25) is 0 Å². The first-order valence-corrected chi connectivity index (χ1v) is 4.38. The van der Waals surface area contributed by atoms with Crippen LogP contribution in [0, 0.1) is 10.1 Å². The van der Waals surface area contributed by atoms with Crippen LogP contribution in [0.4, 0.5) is 5.69 Å². The summed E-state index contributed by atoms with van der Waals surface area (Å²) in [7, 11) is 1.23. The summed E-state index contributed by atoms with van der Waals surface area (Å²) >= 11 is 0. The molecule has 8 nitrogen and oxygen atoms in total. The van der Waals surface area contributed by atoms with E-state index in [4.69, 9.17) is 5.73 Å². The molecule has 0 bridgehead atoms. The Bertz CT molecular complexity index is 471. The van der Waals surface area contributed by atoms with Crippen LogP contribution in [-0.2, 0) is 9.57 Å². The van der Waals surface area contributed by atoms with Crippen LogP contribution >= 0.6 is 0 Å². The van der Waals surface area contributed by atoms with Crippen LogP contribution in [0.3, 0.4) is 0 Å². The minimum absolute atomic E-state index is 0.217. The number of rotatable bonds is 3. The number of nitro groups is 1. The molecule has 90 valence electrons. The Morgan fingerprint density at radius 1 is 1.47 bits per heavy atom. The number of carbonyl (C=O) groups excluding carboxylic acids is 1. The van der Waals surface area contributed by atoms with E-state index in [0.29, 0.717) is 0 Å². The van der Waals surface area contributed by atoms with Crippen molar-refractivity contribution in [2.75, 3.05) is 7.11 Å². The van der Waals surface area contributed by atoms with Crippen molar-refractivity contribution in [2.45, 2.75) is 0 Å². The standard InChI is InChI=1S/C9H9N3O5/c1-16-9(10)11-17-8(13)6-4-2-3-5-7(6)12(14)15/h2-5H,1H3,(H2,10,11). The molecule has 1 aromatic carbocycles. The molecule has 0 unspecified atom stereocenters. The molecule has 0 heterocycles. The van der Waals surface area contributed by atoms with E-state index in [2.05, 4.69) is 14.7 Å². The Balaban J connectivity index is 2.93. The molecule has 0 spiro atoms. The quantitative estimate of drug-likeness (QED) is 0.272. The summed E-state index contributed by atoms with van der Waals surface area (Å²) in [6.07, 6.45) is 0. The second kappa shape index (κ2) is 5.45. The number of oxime groups is 1. The molecule has 0 amide bonds. The van der Waals surface area contributed by atoms with Crippen LogP contribution in [-0.4, -0.2) is 24.0 Å². The fourth-order valence-corrected chi connectivity index (χ4v) is 0.978. The van der Waals surface area contributed by atoms with Crippen molar-refractivity contribution < 1.29 is 19.3 Å². The minimum Gasteiger partial charge on any atom is -0.467 e. The molecule has 0 aliphatic rings. The van der Waals surface area contributed by atoms with Crippen LogP contribution in [0.5, 0.6) is 0 Å². The Morgan fingerprint density at radius 2 is 2.12 bits per heavy atom. The normalized spacial score (nSPS) is 10.8. The summed E-state index contributed by atoms with van der Waals surface area (Å²) in [5.74, 6) is -0.989. The number of para-hydroxylation sites is 1. The van der Waals surface area contributed by atoms with Crippen LogP contribution in [0.2, 0.25) is 0 Å². The Kier molecular flexibility index (Phi) is 3.98. The molecule has 0 saturated heterocycles. The fourth-order valence-electron chi connectivity index (χ4n) is 0.978. The molecule has 0 aliphatic carbocycles. The van der Waals surface area contributed by atoms with E-state index < -0.39 is 10.9 Å². The minimum atomic E-state index is -0.989. The highest BCUT2D eigenvalue weighted by atomic mass is 16.7. The smallest absolute Gasteiger partial charge is 0.372 e. The van der Waals surface area contributed by atoms with E-state index in [-0.39, 0.29) is 17.3 Å². The Morgan fingerprint density at radius 3 is 2.71 bits per heavy atom.